The molecule has 2 aromatic heterocycles. The summed E-state index contributed by atoms with van der Waals surface area (Å²) >= 11 is 1.57. The summed E-state index contributed by atoms with van der Waals surface area (Å²) in [6.45, 7) is 0. The molecular weight excluding hydrogens is 258 g/mol. The highest BCUT2D eigenvalue weighted by atomic mass is 35.5. The molecule has 0 aliphatic rings. The molecule has 0 aliphatic heterocycles. The third kappa shape index (κ3) is 4.13. The maximum absolute atomic E-state index is 8.36. The predicted molar refractivity (Wildman–Crippen MR) is 70.4 cm³/mol. The van der Waals surface area contributed by atoms with Crippen LogP contribution in [0.3, 0.4) is 0 Å². The van der Waals surface area contributed by atoms with Gasteiger partial charge in [0.25, 0.3) is 0 Å². The topological polar surface area (TPSA) is 58.4 Å². The predicted octanol–water partition coefficient (Wildman–Crippen LogP) is 2.55. The van der Waals surface area contributed by atoms with Crippen molar-refractivity contribution < 1.29 is 5.21 Å². The van der Waals surface area contributed by atoms with Gasteiger partial charge in [-0.25, -0.2) is 4.98 Å². The third-order valence-corrected chi connectivity index (χ3v) is 3.04. The molecule has 0 unspecified atom stereocenters. The normalized spacial score (nSPS) is 10.4. The van der Waals surface area contributed by atoms with Gasteiger partial charge < -0.3 is 5.21 Å². The average Bonchev–Trinajstić information content (AvgIpc) is 2.76. The lowest BCUT2D eigenvalue weighted by Crippen LogP contribution is -1.92. The Kier molecular flexibility index (Phi) is 5.59. The molecule has 0 saturated heterocycles. The zero-order valence-corrected chi connectivity index (χ0v) is 10.6. The summed E-state index contributed by atoms with van der Waals surface area (Å²) < 4.78 is 0. The minimum absolute atomic E-state index is 0. The Morgan fingerprint density at radius 2 is 2.29 bits per heavy atom. The number of hydrogen-bond donors (Lipinski definition) is 1. The lowest BCUT2D eigenvalue weighted by atomic mass is 10.2. The molecule has 0 radical (unpaired) electrons. The van der Waals surface area contributed by atoms with Crippen molar-refractivity contribution in [2.75, 3.05) is 0 Å². The smallest absolute Gasteiger partial charge is 0.0958 e. The van der Waals surface area contributed by atoms with Crippen LogP contribution in [0, 0.1) is 0 Å². The van der Waals surface area contributed by atoms with Crippen LogP contribution in [-0.4, -0.2) is 21.4 Å². The third-order valence-electron chi connectivity index (χ3n) is 2.11. The molecule has 0 aromatic carbocycles. The van der Waals surface area contributed by atoms with E-state index in [1.54, 1.807) is 17.5 Å². The molecule has 6 heteroatoms. The highest BCUT2D eigenvalue weighted by molar-refractivity contribution is 7.09. The van der Waals surface area contributed by atoms with Gasteiger partial charge in [0.1, 0.15) is 0 Å². The molecule has 2 heterocycles. The minimum atomic E-state index is 0. The summed E-state index contributed by atoms with van der Waals surface area (Å²) in [4.78, 5) is 8.36. The second-order valence-corrected chi connectivity index (χ2v) is 4.21. The molecule has 0 fully saturated rings. The minimum Gasteiger partial charge on any atom is -0.411 e. The first-order valence-corrected chi connectivity index (χ1v) is 5.77. The fraction of sp³-hybridized carbons (Fsp3) is 0.182. The van der Waals surface area contributed by atoms with Gasteiger partial charge in [-0.05, 0) is 18.1 Å². The van der Waals surface area contributed by atoms with Gasteiger partial charge in [-0.15, -0.1) is 23.7 Å². The van der Waals surface area contributed by atoms with Crippen molar-refractivity contribution in [2.24, 2.45) is 5.16 Å². The number of thiazole rings is 1. The summed E-state index contributed by atoms with van der Waals surface area (Å²) in [6, 6.07) is 3.98. The fourth-order valence-corrected chi connectivity index (χ4v) is 2.10. The highest BCUT2D eigenvalue weighted by Crippen LogP contribution is 2.11. The maximum atomic E-state index is 8.36. The largest absolute Gasteiger partial charge is 0.411 e. The van der Waals surface area contributed by atoms with Gasteiger partial charge in [0.2, 0.25) is 0 Å². The molecule has 90 valence electrons. The Balaban J connectivity index is 0.00000144. The van der Waals surface area contributed by atoms with E-state index in [1.165, 1.54) is 11.8 Å². The van der Waals surface area contributed by atoms with Gasteiger partial charge in [-0.2, -0.15) is 0 Å². The van der Waals surface area contributed by atoms with Gasteiger partial charge in [-0.3, -0.25) is 4.98 Å². The molecule has 0 bridgehead atoms. The maximum Gasteiger partial charge on any atom is 0.0958 e. The quantitative estimate of drug-likeness (QED) is 0.527. The number of oxime groups is 1. The zero-order chi connectivity index (χ0) is 11.2. The Bertz CT molecular complexity index is 473. The second-order valence-electron chi connectivity index (χ2n) is 3.27. The van der Waals surface area contributed by atoms with E-state index in [9.17, 15) is 0 Å². The molecule has 4 nitrogen and oxygen atoms in total. The Morgan fingerprint density at radius 1 is 1.41 bits per heavy atom. The number of aromatic nitrogens is 2. The highest BCUT2D eigenvalue weighted by Gasteiger charge is 2.01. The van der Waals surface area contributed by atoms with Crippen molar-refractivity contribution in [3.05, 3.63) is 46.2 Å². The van der Waals surface area contributed by atoms with Crippen molar-refractivity contribution >= 4 is 30.0 Å². The molecular formula is C11H12ClN3OS. The molecule has 0 amide bonds. The molecule has 0 atom stereocenters. The lowest BCUT2D eigenvalue weighted by molar-refractivity contribution is 0.321. The van der Waals surface area contributed by atoms with E-state index < -0.39 is 0 Å². The number of rotatable bonds is 4. The van der Waals surface area contributed by atoms with Crippen molar-refractivity contribution in [2.45, 2.75) is 12.8 Å². The SMILES string of the molecule is Cl.O/N=C\c1csc(CCc2cccnc2)n1. The fourth-order valence-electron chi connectivity index (χ4n) is 1.36. The van der Waals surface area contributed by atoms with Gasteiger partial charge in [0.15, 0.2) is 0 Å². The Labute approximate surface area is 109 Å². The molecule has 0 saturated carbocycles. The van der Waals surface area contributed by atoms with E-state index in [0.29, 0.717) is 5.69 Å². The Morgan fingerprint density at radius 3 is 3.00 bits per heavy atom. The van der Waals surface area contributed by atoms with Crippen molar-refractivity contribution in [3.8, 4) is 0 Å². The number of hydrogen-bond acceptors (Lipinski definition) is 5. The van der Waals surface area contributed by atoms with Gasteiger partial charge in [-0.1, -0.05) is 11.2 Å². The molecule has 2 rings (SSSR count). The standard InChI is InChI=1S/C11H11N3OS.ClH/c15-13-7-10-8-16-11(14-10)4-3-9-2-1-5-12-6-9;/h1-2,5-8,15H,3-4H2;1H/b13-7-;. The molecule has 1 N–H and O–H groups in total. The van der Waals surface area contributed by atoms with Gasteiger partial charge >= 0.3 is 0 Å². The van der Waals surface area contributed by atoms with Crippen LogP contribution in [-0.2, 0) is 12.8 Å². The van der Waals surface area contributed by atoms with Crippen LogP contribution in [0.2, 0.25) is 0 Å². The van der Waals surface area contributed by atoms with E-state index in [4.69, 9.17) is 5.21 Å². The Hall–Kier alpha value is -1.46. The second kappa shape index (κ2) is 6.98. The van der Waals surface area contributed by atoms with Crippen LogP contribution in [0.4, 0.5) is 0 Å². The number of aryl methyl sites for hydroxylation is 2. The van der Waals surface area contributed by atoms with Crippen LogP contribution in [0.1, 0.15) is 16.3 Å². The van der Waals surface area contributed by atoms with E-state index >= 15 is 0 Å². The lowest BCUT2D eigenvalue weighted by Gasteiger charge is -1.96. The molecule has 0 spiro atoms. The summed E-state index contributed by atoms with van der Waals surface area (Å²) in [6.07, 6.45) is 6.78. The van der Waals surface area contributed by atoms with Crippen LogP contribution < -0.4 is 0 Å². The molecule has 2 aromatic rings. The van der Waals surface area contributed by atoms with Gasteiger partial charge in [0, 0.05) is 24.2 Å². The van der Waals surface area contributed by atoms with Crippen LogP contribution in [0.25, 0.3) is 0 Å². The zero-order valence-electron chi connectivity index (χ0n) is 8.98. The summed E-state index contributed by atoms with van der Waals surface area (Å²) in [5, 5.41) is 14.2. The van der Waals surface area contributed by atoms with Crippen molar-refractivity contribution in [3.63, 3.8) is 0 Å². The first-order valence-electron chi connectivity index (χ1n) is 4.89. The monoisotopic (exact) mass is 269 g/mol. The summed E-state index contributed by atoms with van der Waals surface area (Å²) in [7, 11) is 0. The average molecular weight is 270 g/mol. The first-order chi connectivity index (χ1) is 7.88. The van der Waals surface area contributed by atoms with E-state index in [-0.39, 0.29) is 12.4 Å². The number of pyridine rings is 1. The number of nitrogens with zero attached hydrogens (tertiary/aromatic N) is 3. The van der Waals surface area contributed by atoms with Crippen molar-refractivity contribution in [1.29, 1.82) is 0 Å². The van der Waals surface area contributed by atoms with Crippen LogP contribution >= 0.6 is 23.7 Å². The van der Waals surface area contributed by atoms with Crippen LogP contribution in [0.5, 0.6) is 0 Å². The molecule has 0 aliphatic carbocycles. The first kappa shape index (κ1) is 13.6. The van der Waals surface area contributed by atoms with Gasteiger partial charge in [0.05, 0.1) is 16.9 Å². The van der Waals surface area contributed by atoms with Crippen molar-refractivity contribution in [1.82, 2.24) is 9.97 Å². The summed E-state index contributed by atoms with van der Waals surface area (Å²) in [5.74, 6) is 0. The molecule has 17 heavy (non-hydrogen) atoms. The summed E-state index contributed by atoms with van der Waals surface area (Å²) in [5.41, 5.74) is 1.91. The van der Waals surface area contributed by atoms with Crippen LogP contribution in [0.15, 0.2) is 35.1 Å². The van der Waals surface area contributed by atoms with E-state index in [1.807, 2.05) is 17.6 Å². The van der Waals surface area contributed by atoms with E-state index in [2.05, 4.69) is 21.2 Å². The van der Waals surface area contributed by atoms with E-state index in [0.717, 1.165) is 17.8 Å². The number of halogens is 1.